The Kier molecular flexibility index (Phi) is 3.61. The Labute approximate surface area is 121 Å². The molecule has 20 heavy (non-hydrogen) atoms. The lowest BCUT2D eigenvalue weighted by atomic mass is 9.63. The number of fused-ring (bicyclic) bond motifs is 1. The lowest BCUT2D eigenvalue weighted by molar-refractivity contribution is -0.207. The maximum absolute atomic E-state index is 11.1. The van der Waals surface area contributed by atoms with Crippen LogP contribution in [0.25, 0.3) is 0 Å². The van der Waals surface area contributed by atoms with Gasteiger partial charge in [0.05, 0.1) is 5.60 Å². The summed E-state index contributed by atoms with van der Waals surface area (Å²) in [4.78, 5) is 0. The molecule has 1 aliphatic carbocycles. The molecule has 1 aromatic rings. The van der Waals surface area contributed by atoms with Gasteiger partial charge in [-0.1, -0.05) is 42.7 Å². The van der Waals surface area contributed by atoms with Crippen molar-refractivity contribution >= 4 is 0 Å². The van der Waals surface area contributed by atoms with Gasteiger partial charge in [0.25, 0.3) is 0 Å². The van der Waals surface area contributed by atoms with E-state index in [-0.39, 0.29) is 6.04 Å². The summed E-state index contributed by atoms with van der Waals surface area (Å²) >= 11 is 0. The SMILES string of the molecule is Cc1ccc(C[C@@H]2NCC[C@]3(O)CCCC[C@@]23O)cc1. The van der Waals surface area contributed by atoms with E-state index in [2.05, 4.69) is 36.5 Å². The first-order chi connectivity index (χ1) is 9.53. The summed E-state index contributed by atoms with van der Waals surface area (Å²) in [5.74, 6) is 0. The van der Waals surface area contributed by atoms with Crippen molar-refractivity contribution in [2.24, 2.45) is 0 Å². The summed E-state index contributed by atoms with van der Waals surface area (Å²) < 4.78 is 0. The molecule has 3 nitrogen and oxygen atoms in total. The summed E-state index contributed by atoms with van der Waals surface area (Å²) in [5, 5.41) is 25.4. The predicted octanol–water partition coefficient (Wildman–Crippen LogP) is 1.94. The quantitative estimate of drug-likeness (QED) is 0.773. The highest BCUT2D eigenvalue weighted by Gasteiger charge is 2.56. The highest BCUT2D eigenvalue weighted by molar-refractivity contribution is 5.24. The third-order valence-corrected chi connectivity index (χ3v) is 5.27. The minimum atomic E-state index is -0.978. The molecule has 0 bridgehead atoms. The van der Waals surface area contributed by atoms with Gasteiger partial charge in [-0.3, -0.25) is 0 Å². The van der Waals surface area contributed by atoms with E-state index in [1.165, 1.54) is 11.1 Å². The van der Waals surface area contributed by atoms with Gasteiger partial charge in [0.2, 0.25) is 0 Å². The van der Waals surface area contributed by atoms with Crippen LogP contribution in [0.3, 0.4) is 0 Å². The van der Waals surface area contributed by atoms with E-state index < -0.39 is 11.2 Å². The molecular formula is C17H25NO2. The molecule has 110 valence electrons. The topological polar surface area (TPSA) is 52.5 Å². The monoisotopic (exact) mass is 275 g/mol. The van der Waals surface area contributed by atoms with Crippen LogP contribution in [0.5, 0.6) is 0 Å². The van der Waals surface area contributed by atoms with E-state index >= 15 is 0 Å². The zero-order valence-corrected chi connectivity index (χ0v) is 12.2. The number of aliphatic hydroxyl groups is 2. The summed E-state index contributed by atoms with van der Waals surface area (Å²) in [6, 6.07) is 8.41. The highest BCUT2D eigenvalue weighted by atomic mass is 16.4. The van der Waals surface area contributed by atoms with Gasteiger partial charge in [0.1, 0.15) is 5.60 Å². The number of hydrogen-bond acceptors (Lipinski definition) is 3. The molecule has 0 unspecified atom stereocenters. The zero-order valence-electron chi connectivity index (χ0n) is 12.2. The van der Waals surface area contributed by atoms with Crippen LogP contribution in [0.2, 0.25) is 0 Å². The van der Waals surface area contributed by atoms with Crippen molar-refractivity contribution < 1.29 is 10.2 Å². The lowest BCUT2D eigenvalue weighted by Crippen LogP contribution is -2.71. The number of nitrogens with one attached hydrogen (secondary N) is 1. The Morgan fingerprint density at radius 2 is 1.80 bits per heavy atom. The fraction of sp³-hybridized carbons (Fsp3) is 0.647. The van der Waals surface area contributed by atoms with Gasteiger partial charge < -0.3 is 15.5 Å². The Balaban J connectivity index is 1.82. The highest BCUT2D eigenvalue weighted by Crippen LogP contribution is 2.44. The summed E-state index contributed by atoms with van der Waals surface area (Å²) in [6.07, 6.45) is 4.90. The molecule has 0 amide bonds. The standard InChI is InChI=1S/C17H25NO2/c1-13-4-6-14(7-5-13)12-15-17(20)9-3-2-8-16(17,19)10-11-18-15/h4-7,15,18-20H,2-3,8-12H2,1H3/t15-,16+,17+/m0/s1. The predicted molar refractivity (Wildman–Crippen MR) is 79.7 cm³/mol. The molecule has 0 spiro atoms. The van der Waals surface area contributed by atoms with E-state index in [1.54, 1.807) is 0 Å². The maximum Gasteiger partial charge on any atom is 0.109 e. The molecule has 1 heterocycles. The summed E-state index contributed by atoms with van der Waals surface area (Å²) in [7, 11) is 0. The molecule has 3 N–H and O–H groups in total. The second kappa shape index (κ2) is 5.14. The van der Waals surface area contributed by atoms with Crippen molar-refractivity contribution in [1.82, 2.24) is 5.32 Å². The fourth-order valence-electron chi connectivity index (χ4n) is 3.92. The minimum Gasteiger partial charge on any atom is -0.387 e. The molecule has 1 aliphatic heterocycles. The first-order valence-corrected chi connectivity index (χ1v) is 7.77. The smallest absolute Gasteiger partial charge is 0.109 e. The van der Waals surface area contributed by atoms with Crippen LogP contribution < -0.4 is 5.32 Å². The number of aryl methyl sites for hydroxylation is 1. The van der Waals surface area contributed by atoms with Crippen molar-refractivity contribution in [3.8, 4) is 0 Å². The number of piperidine rings is 1. The van der Waals surface area contributed by atoms with Gasteiger partial charge in [-0.2, -0.15) is 0 Å². The van der Waals surface area contributed by atoms with Crippen molar-refractivity contribution in [2.45, 2.75) is 62.7 Å². The lowest BCUT2D eigenvalue weighted by Gasteiger charge is -2.54. The number of rotatable bonds is 2. The van der Waals surface area contributed by atoms with Gasteiger partial charge in [-0.25, -0.2) is 0 Å². The van der Waals surface area contributed by atoms with Crippen LogP contribution in [-0.4, -0.2) is 34.0 Å². The Bertz CT molecular complexity index is 468. The van der Waals surface area contributed by atoms with Crippen LogP contribution in [0.1, 0.15) is 43.2 Å². The first-order valence-electron chi connectivity index (χ1n) is 7.77. The third-order valence-electron chi connectivity index (χ3n) is 5.27. The maximum atomic E-state index is 11.1. The molecule has 0 aromatic heterocycles. The molecule has 1 aromatic carbocycles. The molecule has 2 fully saturated rings. The largest absolute Gasteiger partial charge is 0.387 e. The third kappa shape index (κ3) is 2.28. The van der Waals surface area contributed by atoms with E-state index in [4.69, 9.17) is 0 Å². The van der Waals surface area contributed by atoms with E-state index in [9.17, 15) is 10.2 Å². The van der Waals surface area contributed by atoms with Crippen LogP contribution >= 0.6 is 0 Å². The van der Waals surface area contributed by atoms with Crippen molar-refractivity contribution in [3.63, 3.8) is 0 Å². The molecule has 1 saturated heterocycles. The van der Waals surface area contributed by atoms with E-state index in [0.29, 0.717) is 12.8 Å². The average Bonchev–Trinajstić information content (AvgIpc) is 2.43. The van der Waals surface area contributed by atoms with Crippen molar-refractivity contribution in [2.75, 3.05) is 6.54 Å². The van der Waals surface area contributed by atoms with Crippen LogP contribution in [0.15, 0.2) is 24.3 Å². The van der Waals surface area contributed by atoms with Crippen molar-refractivity contribution in [3.05, 3.63) is 35.4 Å². The van der Waals surface area contributed by atoms with Crippen molar-refractivity contribution in [1.29, 1.82) is 0 Å². The van der Waals surface area contributed by atoms with Gasteiger partial charge in [-0.05, 0) is 44.7 Å². The van der Waals surface area contributed by atoms with Crippen LogP contribution in [-0.2, 0) is 6.42 Å². The Hall–Kier alpha value is -0.900. The van der Waals surface area contributed by atoms with Gasteiger partial charge >= 0.3 is 0 Å². The number of hydrogen-bond donors (Lipinski definition) is 3. The average molecular weight is 275 g/mol. The Morgan fingerprint density at radius 3 is 2.55 bits per heavy atom. The summed E-state index contributed by atoms with van der Waals surface area (Å²) in [5.41, 5.74) is 0.592. The van der Waals surface area contributed by atoms with Gasteiger partial charge in [-0.15, -0.1) is 0 Å². The molecular weight excluding hydrogens is 250 g/mol. The number of benzene rings is 1. The first kappa shape index (κ1) is 14.1. The molecule has 0 radical (unpaired) electrons. The minimum absolute atomic E-state index is 0.0516. The van der Waals surface area contributed by atoms with E-state index in [1.807, 2.05) is 0 Å². The molecule has 1 saturated carbocycles. The molecule has 3 rings (SSSR count). The fourth-order valence-corrected chi connectivity index (χ4v) is 3.92. The van der Waals surface area contributed by atoms with E-state index in [0.717, 1.165) is 32.2 Å². The molecule has 3 heteroatoms. The Morgan fingerprint density at radius 1 is 1.10 bits per heavy atom. The van der Waals surface area contributed by atoms with Gasteiger partial charge in [0.15, 0.2) is 0 Å². The molecule has 3 atom stereocenters. The summed E-state index contributed by atoms with van der Waals surface area (Å²) in [6.45, 7) is 2.87. The zero-order chi connectivity index (χ0) is 14.2. The normalized spacial score (nSPS) is 37.5. The molecule has 2 aliphatic rings. The van der Waals surface area contributed by atoms with Crippen LogP contribution in [0, 0.1) is 6.92 Å². The second-order valence-electron chi connectivity index (χ2n) is 6.61. The second-order valence-corrected chi connectivity index (χ2v) is 6.61. The van der Waals surface area contributed by atoms with Gasteiger partial charge in [0, 0.05) is 6.04 Å². The van der Waals surface area contributed by atoms with Crippen LogP contribution in [0.4, 0.5) is 0 Å².